The zero-order chi connectivity index (χ0) is 19.6. The molecule has 0 saturated heterocycles. The number of nitrogens with zero attached hydrogens (tertiary/aromatic N) is 2. The quantitative estimate of drug-likeness (QED) is 0.791. The monoisotopic (exact) mass is 386 g/mol. The van der Waals surface area contributed by atoms with E-state index in [1.54, 1.807) is 11.0 Å². The van der Waals surface area contributed by atoms with Crippen LogP contribution in [0, 0.1) is 13.8 Å². The van der Waals surface area contributed by atoms with Crippen LogP contribution in [-0.4, -0.2) is 33.7 Å². The first-order chi connectivity index (χ1) is 12.8. The van der Waals surface area contributed by atoms with Gasteiger partial charge in [0.15, 0.2) is 0 Å². The van der Waals surface area contributed by atoms with Gasteiger partial charge in [0.2, 0.25) is 15.9 Å². The van der Waals surface area contributed by atoms with E-state index in [1.807, 2.05) is 50.2 Å². The van der Waals surface area contributed by atoms with Gasteiger partial charge in [0.25, 0.3) is 0 Å². The van der Waals surface area contributed by atoms with Crippen molar-refractivity contribution in [1.82, 2.24) is 0 Å². The number of sulfonamides is 1. The Kier molecular flexibility index (Phi) is 5.56. The molecule has 2 aromatic carbocycles. The summed E-state index contributed by atoms with van der Waals surface area (Å²) in [7, 11) is -3.48. The third-order valence-corrected chi connectivity index (χ3v) is 6.37. The fourth-order valence-corrected chi connectivity index (χ4v) is 4.57. The second-order valence-corrected chi connectivity index (χ2v) is 8.99. The number of hydrogen-bond acceptors (Lipinski definition) is 3. The number of anilines is 2. The van der Waals surface area contributed by atoms with E-state index in [4.69, 9.17) is 0 Å². The third-order valence-electron chi connectivity index (χ3n) is 5.19. The average Bonchev–Trinajstić information content (AvgIpc) is 2.63. The van der Waals surface area contributed by atoms with E-state index in [0.717, 1.165) is 29.7 Å². The Morgan fingerprint density at radius 3 is 2.59 bits per heavy atom. The molecular formula is C21H26N2O3S. The first-order valence-electron chi connectivity index (χ1n) is 9.21. The number of para-hydroxylation sites is 1. The van der Waals surface area contributed by atoms with Crippen LogP contribution in [0.3, 0.4) is 0 Å². The number of amides is 1. The summed E-state index contributed by atoms with van der Waals surface area (Å²) in [6.07, 6.45) is 3.23. The number of fused-ring (bicyclic) bond motifs is 1. The molecular weight excluding hydrogens is 360 g/mol. The molecule has 0 aromatic heterocycles. The van der Waals surface area contributed by atoms with Gasteiger partial charge in [-0.05, 0) is 55.5 Å². The fraction of sp³-hybridized carbons (Fsp3) is 0.381. The first kappa shape index (κ1) is 19.4. The highest BCUT2D eigenvalue weighted by Gasteiger charge is 2.25. The predicted molar refractivity (Wildman–Crippen MR) is 110 cm³/mol. The number of hydrogen-bond donors (Lipinski definition) is 0. The minimum atomic E-state index is -3.48. The summed E-state index contributed by atoms with van der Waals surface area (Å²) in [4.78, 5) is 14.7. The van der Waals surface area contributed by atoms with Gasteiger partial charge in [0.05, 0.1) is 11.9 Å². The molecule has 5 nitrogen and oxygen atoms in total. The molecule has 0 saturated carbocycles. The topological polar surface area (TPSA) is 57.7 Å². The van der Waals surface area contributed by atoms with Gasteiger partial charge in [0, 0.05) is 25.2 Å². The van der Waals surface area contributed by atoms with Crippen LogP contribution in [0.2, 0.25) is 0 Å². The van der Waals surface area contributed by atoms with Crippen molar-refractivity contribution in [1.29, 1.82) is 0 Å². The third kappa shape index (κ3) is 4.16. The Labute approximate surface area is 161 Å². The second-order valence-electron chi connectivity index (χ2n) is 7.08. The lowest BCUT2D eigenvalue weighted by molar-refractivity contribution is -0.118. The molecule has 1 aliphatic heterocycles. The highest BCUT2D eigenvalue weighted by molar-refractivity contribution is 7.92. The van der Waals surface area contributed by atoms with Crippen molar-refractivity contribution in [2.45, 2.75) is 33.1 Å². The maximum Gasteiger partial charge on any atom is 0.232 e. The Balaban J connectivity index is 1.81. The van der Waals surface area contributed by atoms with E-state index in [-0.39, 0.29) is 18.9 Å². The molecule has 1 aliphatic rings. The van der Waals surface area contributed by atoms with Gasteiger partial charge in [-0.3, -0.25) is 9.10 Å². The summed E-state index contributed by atoms with van der Waals surface area (Å²) in [5.74, 6) is -0.0406. The van der Waals surface area contributed by atoms with Crippen LogP contribution in [0.25, 0.3) is 0 Å². The molecule has 0 unspecified atom stereocenters. The Hall–Kier alpha value is -2.34. The highest BCUT2D eigenvalue weighted by Crippen LogP contribution is 2.28. The molecule has 0 fully saturated rings. The molecule has 144 valence electrons. The summed E-state index contributed by atoms with van der Waals surface area (Å²) in [6.45, 7) is 4.68. The molecule has 1 heterocycles. The Bertz CT molecular complexity index is 954. The normalized spacial score (nSPS) is 14.0. The zero-order valence-corrected chi connectivity index (χ0v) is 16.9. The van der Waals surface area contributed by atoms with E-state index in [9.17, 15) is 13.2 Å². The largest absolute Gasteiger partial charge is 0.312 e. The minimum Gasteiger partial charge on any atom is -0.312 e. The van der Waals surface area contributed by atoms with Crippen molar-refractivity contribution in [3.05, 3.63) is 59.2 Å². The molecule has 0 atom stereocenters. The lowest BCUT2D eigenvalue weighted by Crippen LogP contribution is -2.39. The van der Waals surface area contributed by atoms with Crippen LogP contribution < -0.4 is 9.21 Å². The van der Waals surface area contributed by atoms with Crippen LogP contribution in [-0.2, 0) is 21.2 Å². The summed E-state index contributed by atoms with van der Waals surface area (Å²) in [6, 6.07) is 13.5. The first-order valence-corrected chi connectivity index (χ1v) is 11.1. The van der Waals surface area contributed by atoms with Crippen molar-refractivity contribution in [3.63, 3.8) is 0 Å². The standard InChI is InChI=1S/C21H26N2O3S/c1-16-8-6-12-19(17(16)2)23(27(3,25)26)15-13-21(24)22-14-7-10-18-9-4-5-11-20(18)22/h4-6,8-9,11-12H,7,10,13-15H2,1-3H3. The van der Waals surface area contributed by atoms with Gasteiger partial charge in [-0.1, -0.05) is 30.3 Å². The molecule has 2 aromatic rings. The second kappa shape index (κ2) is 7.72. The molecule has 1 amide bonds. The smallest absolute Gasteiger partial charge is 0.232 e. The molecule has 6 heteroatoms. The van der Waals surface area contributed by atoms with E-state index in [1.165, 1.54) is 16.1 Å². The van der Waals surface area contributed by atoms with Crippen molar-refractivity contribution < 1.29 is 13.2 Å². The average molecular weight is 387 g/mol. The lowest BCUT2D eigenvalue weighted by Gasteiger charge is -2.31. The molecule has 0 N–H and O–H groups in total. The maximum absolute atomic E-state index is 12.9. The summed E-state index contributed by atoms with van der Waals surface area (Å²) >= 11 is 0. The van der Waals surface area contributed by atoms with Crippen LogP contribution in [0.5, 0.6) is 0 Å². The molecule has 0 aliphatic carbocycles. The van der Waals surface area contributed by atoms with Gasteiger partial charge in [-0.25, -0.2) is 8.42 Å². The van der Waals surface area contributed by atoms with Gasteiger partial charge < -0.3 is 4.90 Å². The molecule has 0 bridgehead atoms. The van der Waals surface area contributed by atoms with Crippen molar-refractivity contribution >= 4 is 27.3 Å². The van der Waals surface area contributed by atoms with Gasteiger partial charge in [-0.2, -0.15) is 0 Å². The number of carbonyl (C=O) groups excluding carboxylic acids is 1. The number of benzene rings is 2. The van der Waals surface area contributed by atoms with E-state index in [2.05, 4.69) is 0 Å². The molecule has 3 rings (SSSR count). The Morgan fingerprint density at radius 1 is 1.11 bits per heavy atom. The molecule has 0 spiro atoms. The molecule has 0 radical (unpaired) electrons. The summed E-state index contributed by atoms with van der Waals surface area (Å²) in [5.41, 5.74) is 4.71. The van der Waals surface area contributed by atoms with Crippen molar-refractivity contribution in [2.75, 3.05) is 28.6 Å². The van der Waals surface area contributed by atoms with Gasteiger partial charge in [-0.15, -0.1) is 0 Å². The molecule has 27 heavy (non-hydrogen) atoms. The van der Waals surface area contributed by atoms with Gasteiger partial charge >= 0.3 is 0 Å². The van der Waals surface area contributed by atoms with Crippen LogP contribution >= 0.6 is 0 Å². The highest BCUT2D eigenvalue weighted by atomic mass is 32.2. The maximum atomic E-state index is 12.9. The van der Waals surface area contributed by atoms with E-state index < -0.39 is 10.0 Å². The summed E-state index contributed by atoms with van der Waals surface area (Å²) in [5, 5.41) is 0. The summed E-state index contributed by atoms with van der Waals surface area (Å²) < 4.78 is 26.1. The lowest BCUT2D eigenvalue weighted by atomic mass is 10.0. The van der Waals surface area contributed by atoms with Crippen molar-refractivity contribution in [3.8, 4) is 0 Å². The number of rotatable bonds is 5. The van der Waals surface area contributed by atoms with Crippen molar-refractivity contribution in [2.24, 2.45) is 0 Å². The SMILES string of the molecule is Cc1cccc(N(CCC(=O)N2CCCc3ccccc32)S(C)(=O)=O)c1C. The van der Waals surface area contributed by atoms with Crippen LogP contribution in [0.15, 0.2) is 42.5 Å². The number of carbonyl (C=O) groups is 1. The Morgan fingerprint density at radius 2 is 1.85 bits per heavy atom. The van der Waals surface area contributed by atoms with Crippen LogP contribution in [0.1, 0.15) is 29.5 Å². The van der Waals surface area contributed by atoms with E-state index >= 15 is 0 Å². The van der Waals surface area contributed by atoms with E-state index in [0.29, 0.717) is 12.2 Å². The minimum absolute atomic E-state index is 0.0406. The number of aryl methyl sites for hydroxylation is 2. The fourth-order valence-electron chi connectivity index (χ4n) is 3.60. The predicted octanol–water partition coefficient (Wildman–Crippen LogP) is 3.44. The van der Waals surface area contributed by atoms with Crippen LogP contribution in [0.4, 0.5) is 11.4 Å². The zero-order valence-electron chi connectivity index (χ0n) is 16.1. The van der Waals surface area contributed by atoms with Gasteiger partial charge in [0.1, 0.15) is 0 Å².